The second-order valence-corrected chi connectivity index (χ2v) is 6.70. The minimum atomic E-state index is 0.158. The van der Waals surface area contributed by atoms with Crippen LogP contribution in [0.1, 0.15) is 53.8 Å². The van der Waals surface area contributed by atoms with Crippen LogP contribution in [-0.4, -0.2) is 27.5 Å². The van der Waals surface area contributed by atoms with E-state index in [1.807, 2.05) is 30.3 Å². The summed E-state index contributed by atoms with van der Waals surface area (Å²) in [6, 6.07) is 0.158. The quantitative estimate of drug-likeness (QED) is 0.866. The molecule has 2 aromatic rings. The zero-order valence-electron chi connectivity index (χ0n) is 13.0. The van der Waals surface area contributed by atoms with Crippen LogP contribution >= 0.6 is 11.3 Å². The monoisotopic (exact) mass is 319 g/mol. The van der Waals surface area contributed by atoms with Gasteiger partial charge >= 0.3 is 0 Å². The standard InChI is InChI=1S/C16H21N3O2S/c1-11-13(12(2)21-18-11)6-7-15(20)19-9-4-3-5-14(19)16-17-8-10-22-16/h8,10,14H,3-7,9H2,1-2H3/t14-/m1/s1. The number of aryl methyl sites for hydroxylation is 2. The summed E-state index contributed by atoms with van der Waals surface area (Å²) in [6.07, 6.45) is 6.29. The highest BCUT2D eigenvalue weighted by atomic mass is 32.1. The number of carbonyl (C=O) groups excluding carboxylic acids is 1. The van der Waals surface area contributed by atoms with Crippen LogP contribution in [-0.2, 0) is 11.2 Å². The summed E-state index contributed by atoms with van der Waals surface area (Å²) < 4.78 is 5.17. The Hall–Kier alpha value is -1.69. The molecule has 0 radical (unpaired) electrons. The first-order chi connectivity index (χ1) is 10.7. The largest absolute Gasteiger partial charge is 0.361 e. The van der Waals surface area contributed by atoms with E-state index in [2.05, 4.69) is 10.1 Å². The number of aromatic nitrogens is 2. The fourth-order valence-corrected chi connectivity index (χ4v) is 3.91. The van der Waals surface area contributed by atoms with E-state index in [1.165, 1.54) is 0 Å². The fraction of sp³-hybridized carbons (Fsp3) is 0.562. The van der Waals surface area contributed by atoms with Gasteiger partial charge in [-0.2, -0.15) is 0 Å². The molecule has 1 aliphatic heterocycles. The maximum absolute atomic E-state index is 12.7. The molecule has 0 aromatic carbocycles. The lowest BCUT2D eigenvalue weighted by molar-refractivity contribution is -0.135. The molecule has 1 amide bonds. The third-order valence-electron chi connectivity index (χ3n) is 4.33. The molecule has 1 fully saturated rings. The second-order valence-electron chi connectivity index (χ2n) is 5.77. The summed E-state index contributed by atoms with van der Waals surface area (Å²) in [7, 11) is 0. The number of carbonyl (C=O) groups is 1. The topological polar surface area (TPSA) is 59.2 Å². The average Bonchev–Trinajstić information content (AvgIpc) is 3.16. The maximum atomic E-state index is 12.7. The molecular weight excluding hydrogens is 298 g/mol. The normalized spacial score (nSPS) is 18.6. The van der Waals surface area contributed by atoms with E-state index in [4.69, 9.17) is 4.52 Å². The fourth-order valence-electron chi connectivity index (χ4n) is 3.12. The Morgan fingerprint density at radius 2 is 2.32 bits per heavy atom. The molecular formula is C16H21N3O2S. The molecule has 0 spiro atoms. The van der Waals surface area contributed by atoms with Gasteiger partial charge in [0, 0.05) is 30.1 Å². The van der Waals surface area contributed by atoms with Crippen LogP contribution in [0.5, 0.6) is 0 Å². The molecule has 3 heterocycles. The Balaban J connectivity index is 1.67. The summed E-state index contributed by atoms with van der Waals surface area (Å²) in [4.78, 5) is 19.1. The van der Waals surface area contributed by atoms with Crippen molar-refractivity contribution >= 4 is 17.2 Å². The van der Waals surface area contributed by atoms with Crippen molar-refractivity contribution in [3.63, 3.8) is 0 Å². The predicted molar refractivity (Wildman–Crippen MR) is 84.7 cm³/mol. The number of hydrogen-bond acceptors (Lipinski definition) is 5. The summed E-state index contributed by atoms with van der Waals surface area (Å²) in [6.45, 7) is 4.67. The van der Waals surface area contributed by atoms with E-state index in [1.54, 1.807) is 11.3 Å². The first-order valence-corrected chi connectivity index (χ1v) is 8.65. The number of hydrogen-bond donors (Lipinski definition) is 0. The Morgan fingerprint density at radius 1 is 1.45 bits per heavy atom. The van der Waals surface area contributed by atoms with Crippen molar-refractivity contribution in [3.05, 3.63) is 33.6 Å². The van der Waals surface area contributed by atoms with Crippen molar-refractivity contribution < 1.29 is 9.32 Å². The summed E-state index contributed by atoms with van der Waals surface area (Å²) in [5.74, 6) is 1.03. The Bertz CT molecular complexity index is 616. The molecule has 0 N–H and O–H groups in total. The molecule has 0 bridgehead atoms. The average molecular weight is 319 g/mol. The molecule has 5 nitrogen and oxygen atoms in total. The summed E-state index contributed by atoms with van der Waals surface area (Å²) in [5, 5.41) is 7.00. The summed E-state index contributed by atoms with van der Waals surface area (Å²) >= 11 is 1.64. The van der Waals surface area contributed by atoms with Gasteiger partial charge in [-0.05, 0) is 39.5 Å². The molecule has 6 heteroatoms. The zero-order chi connectivity index (χ0) is 15.5. The van der Waals surface area contributed by atoms with Crippen molar-refractivity contribution in [2.24, 2.45) is 0 Å². The molecule has 0 aliphatic carbocycles. The third-order valence-corrected chi connectivity index (χ3v) is 5.21. The highest BCUT2D eigenvalue weighted by Crippen LogP contribution is 2.32. The number of likely N-dealkylation sites (tertiary alicyclic amines) is 1. The molecule has 3 rings (SSSR count). The lowest BCUT2D eigenvalue weighted by Crippen LogP contribution is -2.38. The van der Waals surface area contributed by atoms with Crippen molar-refractivity contribution in [2.75, 3.05) is 6.54 Å². The Kier molecular flexibility index (Phi) is 4.57. The van der Waals surface area contributed by atoms with E-state index in [-0.39, 0.29) is 11.9 Å². The van der Waals surface area contributed by atoms with E-state index in [0.29, 0.717) is 12.8 Å². The van der Waals surface area contributed by atoms with Gasteiger partial charge in [-0.1, -0.05) is 5.16 Å². The van der Waals surface area contributed by atoms with Crippen molar-refractivity contribution in [2.45, 2.75) is 52.0 Å². The van der Waals surface area contributed by atoms with Crippen molar-refractivity contribution in [3.8, 4) is 0 Å². The SMILES string of the molecule is Cc1noc(C)c1CCC(=O)N1CCCC[C@@H]1c1nccs1. The highest BCUT2D eigenvalue weighted by molar-refractivity contribution is 7.09. The van der Waals surface area contributed by atoms with Crippen molar-refractivity contribution in [1.29, 1.82) is 0 Å². The molecule has 22 heavy (non-hydrogen) atoms. The molecule has 0 unspecified atom stereocenters. The van der Waals surface area contributed by atoms with E-state index >= 15 is 0 Å². The van der Waals surface area contributed by atoms with Gasteiger partial charge in [-0.25, -0.2) is 4.98 Å². The van der Waals surface area contributed by atoms with Gasteiger partial charge in [-0.15, -0.1) is 11.3 Å². The van der Waals surface area contributed by atoms with Gasteiger partial charge in [0.25, 0.3) is 0 Å². The van der Waals surface area contributed by atoms with Crippen LogP contribution < -0.4 is 0 Å². The molecule has 1 atom stereocenters. The van der Waals surface area contributed by atoms with E-state index < -0.39 is 0 Å². The van der Waals surface area contributed by atoms with Crippen LogP contribution in [0.25, 0.3) is 0 Å². The Morgan fingerprint density at radius 3 is 3.00 bits per heavy atom. The Labute approximate surface area is 134 Å². The third kappa shape index (κ3) is 3.06. The second kappa shape index (κ2) is 6.60. The number of nitrogens with zero attached hydrogens (tertiary/aromatic N) is 3. The lowest BCUT2D eigenvalue weighted by atomic mass is 10.0. The van der Waals surface area contributed by atoms with Gasteiger partial charge in [-0.3, -0.25) is 4.79 Å². The first kappa shape index (κ1) is 15.2. The van der Waals surface area contributed by atoms with Crippen LogP contribution in [0.4, 0.5) is 0 Å². The maximum Gasteiger partial charge on any atom is 0.223 e. The minimum Gasteiger partial charge on any atom is -0.361 e. The predicted octanol–water partition coefficient (Wildman–Crippen LogP) is 3.43. The minimum absolute atomic E-state index is 0.158. The van der Waals surface area contributed by atoms with Gasteiger partial charge in [0.2, 0.25) is 5.91 Å². The van der Waals surface area contributed by atoms with Crippen molar-refractivity contribution in [1.82, 2.24) is 15.0 Å². The van der Waals surface area contributed by atoms with Crippen LogP contribution in [0.15, 0.2) is 16.1 Å². The molecule has 1 aliphatic rings. The molecule has 118 valence electrons. The van der Waals surface area contributed by atoms with Gasteiger partial charge in [0.05, 0.1) is 11.7 Å². The smallest absolute Gasteiger partial charge is 0.223 e. The molecule has 0 saturated carbocycles. The number of amides is 1. The zero-order valence-corrected chi connectivity index (χ0v) is 13.9. The highest BCUT2D eigenvalue weighted by Gasteiger charge is 2.29. The van der Waals surface area contributed by atoms with Crippen LogP contribution in [0.2, 0.25) is 0 Å². The van der Waals surface area contributed by atoms with E-state index in [9.17, 15) is 4.79 Å². The first-order valence-electron chi connectivity index (χ1n) is 7.77. The van der Waals surface area contributed by atoms with E-state index in [0.717, 1.165) is 47.8 Å². The van der Waals surface area contributed by atoms with Crippen LogP contribution in [0, 0.1) is 13.8 Å². The lowest BCUT2D eigenvalue weighted by Gasteiger charge is -2.34. The summed E-state index contributed by atoms with van der Waals surface area (Å²) in [5.41, 5.74) is 1.96. The van der Waals surface area contributed by atoms with Gasteiger partial charge in [0.15, 0.2) is 0 Å². The number of thiazole rings is 1. The molecule has 1 saturated heterocycles. The van der Waals surface area contributed by atoms with Crippen LogP contribution in [0.3, 0.4) is 0 Å². The number of rotatable bonds is 4. The van der Waals surface area contributed by atoms with Gasteiger partial charge in [0.1, 0.15) is 10.8 Å². The van der Waals surface area contributed by atoms with Gasteiger partial charge < -0.3 is 9.42 Å². The molecule has 2 aromatic heterocycles. The number of piperidine rings is 1.